The van der Waals surface area contributed by atoms with Crippen molar-refractivity contribution < 1.29 is 5.11 Å². The van der Waals surface area contributed by atoms with Gasteiger partial charge in [-0.05, 0) is 125 Å². The average molecular weight is 399 g/mol. The minimum absolute atomic E-state index is 0.0827. The van der Waals surface area contributed by atoms with E-state index in [1.165, 1.54) is 56.9 Å². The standard InChI is InChI=1S/C28H46O/c1-18(2)19(3)7-8-20(4)24-11-12-25-23-10-9-21-17-22(29)13-15-27(21,5)26(23)14-16-28(24,25)6/h9,20,22-26,29H,7-8,10-17H2,1-6H3/t20-,22+,23?,24?,25?,26?,27+,28-/m1/s1. The zero-order valence-corrected chi connectivity index (χ0v) is 20.1. The Morgan fingerprint density at radius 1 is 1.07 bits per heavy atom. The normalized spacial score (nSPS) is 44.9. The van der Waals surface area contributed by atoms with Crippen LogP contribution in [0, 0.1) is 40.4 Å². The van der Waals surface area contributed by atoms with Crippen LogP contribution in [0.5, 0.6) is 0 Å². The molecule has 4 aliphatic rings. The van der Waals surface area contributed by atoms with Crippen molar-refractivity contribution in [1.29, 1.82) is 0 Å². The van der Waals surface area contributed by atoms with E-state index in [0.717, 1.165) is 42.4 Å². The predicted octanol–water partition coefficient (Wildman–Crippen LogP) is 7.70. The van der Waals surface area contributed by atoms with Crippen molar-refractivity contribution in [2.45, 2.75) is 112 Å². The van der Waals surface area contributed by atoms with E-state index in [0.29, 0.717) is 10.8 Å². The molecule has 0 aliphatic heterocycles. The van der Waals surface area contributed by atoms with Gasteiger partial charge >= 0.3 is 0 Å². The van der Waals surface area contributed by atoms with E-state index in [9.17, 15) is 5.11 Å². The van der Waals surface area contributed by atoms with E-state index >= 15 is 0 Å². The molecule has 0 spiro atoms. The highest BCUT2D eigenvalue weighted by Gasteiger charge is 2.59. The van der Waals surface area contributed by atoms with Crippen LogP contribution in [0.1, 0.15) is 106 Å². The molecule has 0 saturated heterocycles. The van der Waals surface area contributed by atoms with Crippen LogP contribution in [0.3, 0.4) is 0 Å². The molecule has 1 N–H and O–H groups in total. The molecule has 1 nitrogen and oxygen atoms in total. The molecule has 0 amide bonds. The van der Waals surface area contributed by atoms with Crippen molar-refractivity contribution in [3.8, 4) is 0 Å². The summed E-state index contributed by atoms with van der Waals surface area (Å²) >= 11 is 0. The quantitative estimate of drug-likeness (QED) is 0.481. The molecule has 0 radical (unpaired) electrons. The van der Waals surface area contributed by atoms with Crippen LogP contribution in [-0.4, -0.2) is 11.2 Å². The highest BCUT2D eigenvalue weighted by molar-refractivity contribution is 5.25. The summed E-state index contributed by atoms with van der Waals surface area (Å²) in [5, 5.41) is 10.2. The van der Waals surface area contributed by atoms with Gasteiger partial charge in [-0.2, -0.15) is 0 Å². The summed E-state index contributed by atoms with van der Waals surface area (Å²) < 4.78 is 0. The zero-order valence-electron chi connectivity index (χ0n) is 20.1. The lowest BCUT2D eigenvalue weighted by atomic mass is 9.47. The Morgan fingerprint density at radius 2 is 1.83 bits per heavy atom. The summed E-state index contributed by atoms with van der Waals surface area (Å²) in [4.78, 5) is 0. The van der Waals surface area contributed by atoms with Gasteiger partial charge in [0.25, 0.3) is 0 Å². The number of aliphatic hydroxyl groups is 1. The Kier molecular flexibility index (Phi) is 5.86. The van der Waals surface area contributed by atoms with E-state index in [4.69, 9.17) is 0 Å². The van der Waals surface area contributed by atoms with E-state index in [1.807, 2.05) is 0 Å². The van der Waals surface area contributed by atoms with E-state index in [2.05, 4.69) is 47.6 Å². The van der Waals surface area contributed by atoms with Gasteiger partial charge in [-0.1, -0.05) is 43.6 Å². The van der Waals surface area contributed by atoms with Gasteiger partial charge in [0.1, 0.15) is 0 Å². The second-order valence-corrected chi connectivity index (χ2v) is 12.2. The number of hydrogen-bond donors (Lipinski definition) is 1. The number of aliphatic hydroxyl groups excluding tert-OH is 1. The van der Waals surface area contributed by atoms with Crippen molar-refractivity contribution in [3.63, 3.8) is 0 Å². The predicted molar refractivity (Wildman–Crippen MR) is 124 cm³/mol. The van der Waals surface area contributed by atoms with Crippen LogP contribution in [0.25, 0.3) is 0 Å². The van der Waals surface area contributed by atoms with Gasteiger partial charge in [0.05, 0.1) is 6.10 Å². The first kappa shape index (κ1) is 21.7. The van der Waals surface area contributed by atoms with Crippen molar-refractivity contribution in [1.82, 2.24) is 0 Å². The summed E-state index contributed by atoms with van der Waals surface area (Å²) in [7, 11) is 0. The Hall–Kier alpha value is -0.560. The van der Waals surface area contributed by atoms with Crippen LogP contribution >= 0.6 is 0 Å². The minimum Gasteiger partial charge on any atom is -0.393 e. The minimum atomic E-state index is -0.0827. The third-order valence-corrected chi connectivity index (χ3v) is 10.7. The van der Waals surface area contributed by atoms with Gasteiger partial charge < -0.3 is 5.11 Å². The maximum atomic E-state index is 10.2. The molecule has 0 bridgehead atoms. The molecule has 29 heavy (non-hydrogen) atoms. The summed E-state index contributed by atoms with van der Waals surface area (Å²) in [6.45, 7) is 14.7. The third kappa shape index (κ3) is 3.58. The first-order chi connectivity index (χ1) is 13.7. The number of allylic oxidation sites excluding steroid dienone is 3. The molecule has 0 heterocycles. The fourth-order valence-electron chi connectivity index (χ4n) is 8.51. The molecular formula is C28H46O. The first-order valence-corrected chi connectivity index (χ1v) is 12.7. The summed E-state index contributed by atoms with van der Waals surface area (Å²) in [6, 6.07) is 0. The lowest BCUT2D eigenvalue weighted by molar-refractivity contribution is -0.0571. The molecule has 4 rings (SSSR count). The van der Waals surface area contributed by atoms with Crippen molar-refractivity contribution in [2.75, 3.05) is 0 Å². The van der Waals surface area contributed by atoms with E-state index < -0.39 is 0 Å². The maximum absolute atomic E-state index is 10.2. The SMILES string of the molecule is CC(C)=C(C)CC[C@@H](C)C1CCC2C3CC=C4C[C@@H](O)CC[C@]4(C)C3CC[C@@]21C. The largest absolute Gasteiger partial charge is 0.393 e. The van der Waals surface area contributed by atoms with Crippen LogP contribution in [-0.2, 0) is 0 Å². The van der Waals surface area contributed by atoms with Gasteiger partial charge in [0.15, 0.2) is 0 Å². The smallest absolute Gasteiger partial charge is 0.0577 e. The molecule has 0 aromatic rings. The topological polar surface area (TPSA) is 20.2 Å². The number of fused-ring (bicyclic) bond motifs is 5. The second kappa shape index (κ2) is 7.85. The maximum Gasteiger partial charge on any atom is 0.0577 e. The fourth-order valence-corrected chi connectivity index (χ4v) is 8.51. The lowest BCUT2D eigenvalue weighted by Crippen LogP contribution is -2.50. The van der Waals surface area contributed by atoms with Gasteiger partial charge in [0, 0.05) is 0 Å². The molecule has 1 heteroatoms. The van der Waals surface area contributed by atoms with Gasteiger partial charge in [-0.25, -0.2) is 0 Å². The molecule has 0 aromatic heterocycles. The highest BCUT2D eigenvalue weighted by Crippen LogP contribution is 2.67. The van der Waals surface area contributed by atoms with Crippen LogP contribution in [0.15, 0.2) is 22.8 Å². The Bertz CT molecular complexity index is 682. The Balaban J connectivity index is 1.51. The molecule has 164 valence electrons. The average Bonchev–Trinajstić information content (AvgIpc) is 3.03. The molecule has 4 unspecified atom stereocenters. The van der Waals surface area contributed by atoms with E-state index in [-0.39, 0.29) is 6.10 Å². The molecule has 0 aromatic carbocycles. The molecule has 8 atom stereocenters. The molecule has 3 saturated carbocycles. The monoisotopic (exact) mass is 398 g/mol. The van der Waals surface area contributed by atoms with Crippen LogP contribution in [0.2, 0.25) is 0 Å². The summed E-state index contributed by atoms with van der Waals surface area (Å²) in [5.41, 5.74) is 5.69. The van der Waals surface area contributed by atoms with Crippen molar-refractivity contribution in [2.24, 2.45) is 40.4 Å². The Morgan fingerprint density at radius 3 is 2.55 bits per heavy atom. The van der Waals surface area contributed by atoms with Crippen molar-refractivity contribution >= 4 is 0 Å². The van der Waals surface area contributed by atoms with Gasteiger partial charge in [0.2, 0.25) is 0 Å². The number of hydrogen-bond acceptors (Lipinski definition) is 1. The Labute approximate surface area is 180 Å². The lowest BCUT2D eigenvalue weighted by Gasteiger charge is -2.58. The fraction of sp³-hybridized carbons (Fsp3) is 0.857. The van der Waals surface area contributed by atoms with Gasteiger partial charge in [-0.3, -0.25) is 0 Å². The second-order valence-electron chi connectivity index (χ2n) is 12.2. The van der Waals surface area contributed by atoms with Crippen LogP contribution in [0.4, 0.5) is 0 Å². The van der Waals surface area contributed by atoms with E-state index in [1.54, 1.807) is 11.1 Å². The van der Waals surface area contributed by atoms with Gasteiger partial charge in [-0.15, -0.1) is 0 Å². The summed E-state index contributed by atoms with van der Waals surface area (Å²) in [5.74, 6) is 4.47. The molecular weight excluding hydrogens is 352 g/mol. The summed E-state index contributed by atoms with van der Waals surface area (Å²) in [6.07, 6.45) is 15.4. The first-order valence-electron chi connectivity index (χ1n) is 12.7. The molecule has 3 fully saturated rings. The highest BCUT2D eigenvalue weighted by atomic mass is 16.3. The number of rotatable bonds is 4. The van der Waals surface area contributed by atoms with Crippen LogP contribution < -0.4 is 0 Å². The van der Waals surface area contributed by atoms with Crippen molar-refractivity contribution in [3.05, 3.63) is 22.8 Å². The third-order valence-electron chi connectivity index (χ3n) is 10.7. The molecule has 4 aliphatic carbocycles. The zero-order chi connectivity index (χ0) is 21.0.